The molecule has 4 nitrogen and oxygen atoms in total. The fourth-order valence-electron chi connectivity index (χ4n) is 2.52. The Balaban J connectivity index is 2.23. The summed E-state index contributed by atoms with van der Waals surface area (Å²) in [4.78, 5) is 25.5. The molecule has 26 heavy (non-hydrogen) atoms. The molecule has 2 rings (SSSR count). The van der Waals surface area contributed by atoms with Crippen molar-refractivity contribution < 1.29 is 9.59 Å². The third-order valence-electron chi connectivity index (χ3n) is 4.12. The zero-order chi connectivity index (χ0) is 19.5. The summed E-state index contributed by atoms with van der Waals surface area (Å²) in [5.74, 6) is -0.539. The van der Waals surface area contributed by atoms with E-state index in [1.807, 2.05) is 39.0 Å². The van der Waals surface area contributed by atoms with Crippen LogP contribution in [-0.2, 0) is 5.41 Å². The number of hydrogen-bond acceptors (Lipinski definition) is 2. The van der Waals surface area contributed by atoms with Crippen molar-refractivity contribution in [2.24, 2.45) is 0 Å². The van der Waals surface area contributed by atoms with E-state index in [-0.39, 0.29) is 17.2 Å². The van der Waals surface area contributed by atoms with Gasteiger partial charge in [0.15, 0.2) is 0 Å². The lowest BCUT2D eigenvalue weighted by atomic mass is 9.87. The Kier molecular flexibility index (Phi) is 5.55. The van der Waals surface area contributed by atoms with Gasteiger partial charge >= 0.3 is 0 Å². The van der Waals surface area contributed by atoms with Crippen LogP contribution in [0.3, 0.4) is 0 Å². The van der Waals surface area contributed by atoms with E-state index in [1.165, 1.54) is 5.01 Å². The summed E-state index contributed by atoms with van der Waals surface area (Å²) in [6, 6.07) is 16.4. The van der Waals surface area contributed by atoms with E-state index in [0.29, 0.717) is 11.1 Å². The summed E-state index contributed by atoms with van der Waals surface area (Å²) >= 11 is 0. The van der Waals surface area contributed by atoms with Gasteiger partial charge in [-0.3, -0.25) is 15.0 Å². The monoisotopic (exact) mass is 352 g/mol. The van der Waals surface area contributed by atoms with E-state index in [0.717, 1.165) is 5.56 Å². The second-order valence-electron chi connectivity index (χ2n) is 8.45. The first-order valence-corrected chi connectivity index (χ1v) is 8.81. The standard InChI is InChI=1S/C22H28N2O2/c1-21(2,3)18-14-12-16(13-15-18)19(25)23-24(22(4,5)6)20(26)17-10-8-7-9-11-17/h7-15H,1-6H3,(H,23,25). The molecule has 0 saturated heterocycles. The summed E-state index contributed by atoms with van der Waals surface area (Å²) in [5.41, 5.74) is 4.45. The lowest BCUT2D eigenvalue weighted by Gasteiger charge is -2.35. The van der Waals surface area contributed by atoms with Gasteiger partial charge in [0.1, 0.15) is 0 Å². The van der Waals surface area contributed by atoms with Crippen molar-refractivity contribution in [3.63, 3.8) is 0 Å². The summed E-state index contributed by atoms with van der Waals surface area (Å²) in [7, 11) is 0. The van der Waals surface area contributed by atoms with Gasteiger partial charge in [-0.1, -0.05) is 51.1 Å². The van der Waals surface area contributed by atoms with Gasteiger partial charge in [-0.15, -0.1) is 0 Å². The molecule has 1 N–H and O–H groups in total. The molecule has 138 valence electrons. The van der Waals surface area contributed by atoms with Gasteiger partial charge in [0.25, 0.3) is 11.8 Å². The number of nitrogens with one attached hydrogen (secondary N) is 1. The zero-order valence-corrected chi connectivity index (χ0v) is 16.5. The number of rotatable bonds is 2. The second kappa shape index (κ2) is 7.32. The largest absolute Gasteiger partial charge is 0.272 e. The van der Waals surface area contributed by atoms with Crippen molar-refractivity contribution in [3.05, 3.63) is 71.3 Å². The van der Waals surface area contributed by atoms with Gasteiger partial charge < -0.3 is 0 Å². The molecule has 0 heterocycles. The molecule has 2 aromatic rings. The smallest absolute Gasteiger partial charge is 0.267 e. The Morgan fingerprint density at radius 3 is 1.77 bits per heavy atom. The fraction of sp³-hybridized carbons (Fsp3) is 0.364. The first-order chi connectivity index (χ1) is 12.0. The molecule has 0 fully saturated rings. The van der Waals surface area contributed by atoms with E-state index in [4.69, 9.17) is 0 Å². The number of hydrazine groups is 1. The van der Waals surface area contributed by atoms with E-state index >= 15 is 0 Å². The van der Waals surface area contributed by atoms with Gasteiger partial charge in [0.05, 0.1) is 5.54 Å². The summed E-state index contributed by atoms with van der Waals surface area (Å²) in [5, 5.41) is 1.39. The van der Waals surface area contributed by atoms with E-state index in [2.05, 4.69) is 26.2 Å². The first kappa shape index (κ1) is 19.7. The molecule has 0 aliphatic rings. The molecule has 0 bridgehead atoms. The van der Waals surface area contributed by atoms with E-state index in [9.17, 15) is 9.59 Å². The highest BCUT2D eigenvalue weighted by Crippen LogP contribution is 2.22. The molecule has 0 aromatic heterocycles. The van der Waals surface area contributed by atoms with Crippen molar-refractivity contribution in [1.29, 1.82) is 0 Å². The Morgan fingerprint density at radius 2 is 1.31 bits per heavy atom. The Hall–Kier alpha value is -2.62. The van der Waals surface area contributed by atoms with Crippen LogP contribution in [0.2, 0.25) is 0 Å². The van der Waals surface area contributed by atoms with Gasteiger partial charge in [-0.05, 0) is 56.0 Å². The van der Waals surface area contributed by atoms with Crippen LogP contribution < -0.4 is 5.43 Å². The third-order valence-corrected chi connectivity index (χ3v) is 4.12. The van der Waals surface area contributed by atoms with Gasteiger partial charge in [-0.25, -0.2) is 5.01 Å². The first-order valence-electron chi connectivity index (χ1n) is 8.81. The number of amides is 2. The SMILES string of the molecule is CC(C)(C)c1ccc(C(=O)NN(C(=O)c2ccccc2)C(C)(C)C)cc1. The molecule has 4 heteroatoms. The normalized spacial score (nSPS) is 11.8. The molecule has 0 spiro atoms. The van der Waals surface area contributed by atoms with Crippen molar-refractivity contribution in [1.82, 2.24) is 10.4 Å². The second-order valence-corrected chi connectivity index (χ2v) is 8.45. The molecule has 2 aromatic carbocycles. The van der Waals surface area contributed by atoms with Crippen LogP contribution >= 0.6 is 0 Å². The number of hydrogen-bond donors (Lipinski definition) is 1. The lowest BCUT2D eigenvalue weighted by molar-refractivity contribution is 0.0358. The maximum absolute atomic E-state index is 12.9. The van der Waals surface area contributed by atoms with Gasteiger partial charge in [0.2, 0.25) is 0 Å². The lowest BCUT2D eigenvalue weighted by Crippen LogP contribution is -2.55. The van der Waals surface area contributed by atoms with Crippen LogP contribution in [-0.4, -0.2) is 22.4 Å². The maximum Gasteiger partial charge on any atom is 0.272 e. The highest BCUT2D eigenvalue weighted by atomic mass is 16.2. The minimum absolute atomic E-state index is 0.0235. The molecule has 0 aliphatic heterocycles. The van der Waals surface area contributed by atoms with Crippen LogP contribution in [0.4, 0.5) is 0 Å². The van der Waals surface area contributed by atoms with Crippen molar-refractivity contribution in [2.75, 3.05) is 0 Å². The highest BCUT2D eigenvalue weighted by Gasteiger charge is 2.29. The fourth-order valence-corrected chi connectivity index (χ4v) is 2.52. The van der Waals surface area contributed by atoms with Crippen LogP contribution in [0, 0.1) is 0 Å². The summed E-state index contributed by atoms with van der Waals surface area (Å²) < 4.78 is 0. The highest BCUT2D eigenvalue weighted by molar-refractivity contribution is 5.99. The van der Waals surface area contributed by atoms with Crippen LogP contribution in [0.15, 0.2) is 54.6 Å². The molecular formula is C22H28N2O2. The number of carbonyl (C=O) groups is 2. The van der Waals surface area contributed by atoms with E-state index in [1.54, 1.807) is 36.4 Å². The molecule has 0 unspecified atom stereocenters. The number of carbonyl (C=O) groups excluding carboxylic acids is 2. The molecule has 2 amide bonds. The Morgan fingerprint density at radius 1 is 0.769 bits per heavy atom. The summed E-state index contributed by atoms with van der Waals surface area (Å²) in [6.07, 6.45) is 0. The number of nitrogens with zero attached hydrogens (tertiary/aromatic N) is 1. The maximum atomic E-state index is 12.9. The van der Waals surface area contributed by atoms with Gasteiger partial charge in [-0.2, -0.15) is 0 Å². The molecule has 0 saturated carbocycles. The zero-order valence-electron chi connectivity index (χ0n) is 16.5. The van der Waals surface area contributed by atoms with E-state index < -0.39 is 5.54 Å². The minimum Gasteiger partial charge on any atom is -0.267 e. The Labute approximate surface area is 156 Å². The van der Waals surface area contributed by atoms with Crippen LogP contribution in [0.5, 0.6) is 0 Å². The predicted molar refractivity (Wildman–Crippen MR) is 105 cm³/mol. The average Bonchev–Trinajstić information content (AvgIpc) is 2.58. The summed E-state index contributed by atoms with van der Waals surface area (Å²) in [6.45, 7) is 12.0. The number of benzene rings is 2. The topological polar surface area (TPSA) is 49.4 Å². The Bertz CT molecular complexity index is 767. The third kappa shape index (κ3) is 4.72. The quantitative estimate of drug-likeness (QED) is 0.805. The van der Waals surface area contributed by atoms with Crippen LogP contribution in [0.1, 0.15) is 67.8 Å². The average molecular weight is 352 g/mol. The van der Waals surface area contributed by atoms with Crippen molar-refractivity contribution in [3.8, 4) is 0 Å². The molecule has 0 atom stereocenters. The molecule has 0 radical (unpaired) electrons. The van der Waals surface area contributed by atoms with Crippen molar-refractivity contribution >= 4 is 11.8 Å². The molecular weight excluding hydrogens is 324 g/mol. The molecule has 0 aliphatic carbocycles. The van der Waals surface area contributed by atoms with Crippen molar-refractivity contribution in [2.45, 2.75) is 52.5 Å². The predicted octanol–water partition coefficient (Wildman–Crippen LogP) is 4.57. The minimum atomic E-state index is -0.562. The van der Waals surface area contributed by atoms with Crippen LogP contribution in [0.25, 0.3) is 0 Å². The van der Waals surface area contributed by atoms with Gasteiger partial charge in [0, 0.05) is 11.1 Å².